The Morgan fingerprint density at radius 3 is 2.58 bits per heavy atom. The topological polar surface area (TPSA) is 96.9 Å². The van der Waals surface area contributed by atoms with Gasteiger partial charge in [-0.2, -0.15) is 4.31 Å². The first-order valence-electron chi connectivity index (χ1n) is 10.4. The lowest BCUT2D eigenvalue weighted by Crippen LogP contribution is -2.50. The van der Waals surface area contributed by atoms with Gasteiger partial charge in [-0.3, -0.25) is 4.79 Å². The summed E-state index contributed by atoms with van der Waals surface area (Å²) in [6, 6.07) is 6.66. The van der Waals surface area contributed by atoms with Crippen molar-refractivity contribution in [2.75, 3.05) is 26.2 Å². The minimum atomic E-state index is -3.63. The van der Waals surface area contributed by atoms with Crippen LogP contribution < -0.4 is 0 Å². The number of oxazole rings is 1. The molecule has 5 rings (SSSR count). The molecule has 1 saturated carbocycles. The molecule has 0 aromatic carbocycles. The van der Waals surface area contributed by atoms with Gasteiger partial charge in [-0.15, -0.1) is 11.3 Å². The van der Waals surface area contributed by atoms with E-state index in [1.807, 2.05) is 0 Å². The Labute approximate surface area is 184 Å². The molecule has 164 valence electrons. The molecule has 0 unspecified atom stereocenters. The number of aromatic nitrogens is 1. The molecule has 1 amide bonds. The summed E-state index contributed by atoms with van der Waals surface area (Å²) in [5, 5.41) is 0. The number of piperazine rings is 1. The van der Waals surface area contributed by atoms with E-state index in [-0.39, 0.29) is 29.0 Å². The van der Waals surface area contributed by atoms with Gasteiger partial charge in [0, 0.05) is 32.1 Å². The van der Waals surface area contributed by atoms with Crippen LogP contribution >= 0.6 is 11.3 Å². The molecule has 3 aromatic rings. The highest BCUT2D eigenvalue weighted by Gasteiger charge is 2.32. The van der Waals surface area contributed by atoms with Crippen molar-refractivity contribution in [2.24, 2.45) is 0 Å². The summed E-state index contributed by atoms with van der Waals surface area (Å²) < 4.78 is 39.0. The van der Waals surface area contributed by atoms with E-state index in [1.54, 1.807) is 35.4 Å². The summed E-state index contributed by atoms with van der Waals surface area (Å²) in [6.45, 7) is 1.14. The van der Waals surface area contributed by atoms with E-state index in [0.29, 0.717) is 24.8 Å². The summed E-state index contributed by atoms with van der Waals surface area (Å²) in [4.78, 5) is 19.2. The molecule has 0 spiro atoms. The third-order valence-corrected chi connectivity index (χ3v) is 9.37. The first kappa shape index (κ1) is 20.5. The number of hydrogen-bond donors (Lipinski definition) is 0. The summed E-state index contributed by atoms with van der Waals surface area (Å²) in [5.41, 5.74) is 0. The van der Waals surface area contributed by atoms with Crippen LogP contribution in [0, 0.1) is 0 Å². The maximum absolute atomic E-state index is 13.1. The molecular weight excluding hydrogens is 438 g/mol. The minimum absolute atomic E-state index is 0.219. The minimum Gasteiger partial charge on any atom is -0.459 e. The van der Waals surface area contributed by atoms with E-state index in [9.17, 15) is 13.2 Å². The average Bonchev–Trinajstić information content (AvgIpc) is 3.59. The summed E-state index contributed by atoms with van der Waals surface area (Å²) in [6.07, 6.45) is 7.73. The van der Waals surface area contributed by atoms with Crippen molar-refractivity contribution in [3.63, 3.8) is 0 Å². The van der Waals surface area contributed by atoms with Crippen molar-refractivity contribution in [2.45, 2.75) is 35.8 Å². The number of furan rings is 1. The molecule has 8 nitrogen and oxygen atoms in total. The fourth-order valence-corrected chi connectivity index (χ4v) is 7.00. The van der Waals surface area contributed by atoms with E-state index in [2.05, 4.69) is 4.98 Å². The number of carbonyl (C=O) groups excluding carboxylic acids is 1. The van der Waals surface area contributed by atoms with Crippen LogP contribution in [0.25, 0.3) is 10.6 Å². The van der Waals surface area contributed by atoms with Crippen LogP contribution in [-0.2, 0) is 10.0 Å². The number of thiophene rings is 1. The van der Waals surface area contributed by atoms with Gasteiger partial charge in [-0.05, 0) is 37.1 Å². The Kier molecular flexibility index (Phi) is 5.45. The van der Waals surface area contributed by atoms with Gasteiger partial charge in [-0.25, -0.2) is 13.4 Å². The Bertz CT molecular complexity index is 1150. The van der Waals surface area contributed by atoms with Gasteiger partial charge in [0.1, 0.15) is 4.21 Å². The summed E-state index contributed by atoms with van der Waals surface area (Å²) in [7, 11) is -3.63. The molecule has 1 saturated heterocycles. The number of nitrogens with zero attached hydrogens (tertiary/aromatic N) is 3. The molecule has 0 radical (unpaired) electrons. The molecule has 2 fully saturated rings. The zero-order valence-electron chi connectivity index (χ0n) is 16.9. The molecule has 10 heteroatoms. The maximum atomic E-state index is 13.1. The van der Waals surface area contributed by atoms with Gasteiger partial charge in [0.05, 0.1) is 17.3 Å². The van der Waals surface area contributed by atoms with Crippen molar-refractivity contribution >= 4 is 27.3 Å². The first-order chi connectivity index (χ1) is 15.0. The average molecular weight is 462 g/mol. The molecule has 2 aliphatic rings. The van der Waals surface area contributed by atoms with E-state index < -0.39 is 10.0 Å². The van der Waals surface area contributed by atoms with Crippen LogP contribution in [0.5, 0.6) is 0 Å². The zero-order valence-corrected chi connectivity index (χ0v) is 18.5. The lowest BCUT2D eigenvalue weighted by atomic mass is 10.1. The second kappa shape index (κ2) is 8.25. The molecule has 0 N–H and O–H groups in total. The van der Waals surface area contributed by atoms with Crippen LogP contribution in [0.1, 0.15) is 48.0 Å². The van der Waals surface area contributed by atoms with Crippen LogP contribution in [0.4, 0.5) is 0 Å². The number of carbonyl (C=O) groups is 1. The van der Waals surface area contributed by atoms with Gasteiger partial charge >= 0.3 is 0 Å². The van der Waals surface area contributed by atoms with Crippen molar-refractivity contribution < 1.29 is 22.0 Å². The highest BCUT2D eigenvalue weighted by Crippen LogP contribution is 2.37. The first-order valence-corrected chi connectivity index (χ1v) is 12.7. The van der Waals surface area contributed by atoms with Crippen LogP contribution in [0.2, 0.25) is 0 Å². The van der Waals surface area contributed by atoms with Gasteiger partial charge in [0.15, 0.2) is 17.4 Å². The largest absolute Gasteiger partial charge is 0.459 e. The van der Waals surface area contributed by atoms with Crippen LogP contribution in [0.3, 0.4) is 0 Å². The number of rotatable bonds is 5. The van der Waals surface area contributed by atoms with Gasteiger partial charge in [0.2, 0.25) is 0 Å². The van der Waals surface area contributed by atoms with Gasteiger partial charge < -0.3 is 13.7 Å². The van der Waals surface area contributed by atoms with E-state index >= 15 is 0 Å². The van der Waals surface area contributed by atoms with E-state index in [0.717, 1.165) is 23.6 Å². The highest BCUT2D eigenvalue weighted by atomic mass is 32.2. The Morgan fingerprint density at radius 2 is 1.87 bits per heavy atom. The van der Waals surface area contributed by atoms with Crippen LogP contribution in [0.15, 0.2) is 49.8 Å². The van der Waals surface area contributed by atoms with E-state index in [1.165, 1.54) is 34.7 Å². The SMILES string of the molecule is O=C(c1ccco1)N1CCN(S(=O)(=O)c2ccc(-c3cnc(C4CCCC4)o3)s2)CC1. The Hall–Kier alpha value is -2.43. The predicted octanol–water partition coefficient (Wildman–Crippen LogP) is 3.80. The zero-order chi connectivity index (χ0) is 21.4. The van der Waals surface area contributed by atoms with Crippen molar-refractivity contribution in [1.82, 2.24) is 14.2 Å². The molecular formula is C21H23N3O5S2. The van der Waals surface area contributed by atoms with E-state index in [4.69, 9.17) is 8.83 Å². The maximum Gasteiger partial charge on any atom is 0.289 e. The molecule has 0 atom stereocenters. The number of amides is 1. The van der Waals surface area contributed by atoms with Crippen LogP contribution in [-0.4, -0.2) is 54.7 Å². The molecule has 1 aliphatic carbocycles. The summed E-state index contributed by atoms with van der Waals surface area (Å²) in [5.74, 6) is 1.79. The molecule has 31 heavy (non-hydrogen) atoms. The van der Waals surface area contributed by atoms with Gasteiger partial charge in [-0.1, -0.05) is 12.8 Å². The fraction of sp³-hybridized carbons (Fsp3) is 0.429. The normalized spacial score (nSPS) is 18.6. The third kappa shape index (κ3) is 3.95. The second-order valence-corrected chi connectivity index (χ2v) is 11.1. The van der Waals surface area contributed by atoms with Crippen molar-refractivity contribution in [3.05, 3.63) is 48.4 Å². The molecule has 0 bridgehead atoms. The lowest BCUT2D eigenvalue weighted by Gasteiger charge is -2.33. The lowest BCUT2D eigenvalue weighted by molar-refractivity contribution is 0.0666. The third-order valence-electron chi connectivity index (χ3n) is 5.90. The molecule has 3 aromatic heterocycles. The van der Waals surface area contributed by atoms with Crippen molar-refractivity contribution in [1.29, 1.82) is 0 Å². The fourth-order valence-electron chi connectivity index (χ4n) is 4.17. The number of hydrogen-bond acceptors (Lipinski definition) is 7. The highest BCUT2D eigenvalue weighted by molar-refractivity contribution is 7.91. The quantitative estimate of drug-likeness (QED) is 0.573. The Morgan fingerprint density at radius 1 is 1.10 bits per heavy atom. The Balaban J connectivity index is 1.26. The molecule has 4 heterocycles. The monoisotopic (exact) mass is 461 g/mol. The summed E-state index contributed by atoms with van der Waals surface area (Å²) >= 11 is 1.19. The van der Waals surface area contributed by atoms with Gasteiger partial charge in [0.25, 0.3) is 15.9 Å². The second-order valence-electron chi connectivity index (χ2n) is 7.84. The van der Waals surface area contributed by atoms with Crippen molar-refractivity contribution in [3.8, 4) is 10.6 Å². The number of sulfonamides is 1. The molecule has 1 aliphatic heterocycles. The standard InChI is InChI=1S/C21H23N3O5S2/c25-21(16-6-3-13-28-16)23-9-11-24(12-10-23)31(26,27)19-8-7-18(30-19)17-14-22-20(29-17)15-4-1-2-5-15/h3,6-8,13-15H,1-2,4-5,9-12H2. The smallest absolute Gasteiger partial charge is 0.289 e. The predicted molar refractivity (Wildman–Crippen MR) is 114 cm³/mol.